The SMILES string of the molecule is CCN(C(=O)C(Cl)CC(F)(F)F)c1cn(-c2cccnc2)cc1Cl. The van der Waals surface area contributed by atoms with Crippen LogP contribution in [-0.2, 0) is 4.79 Å². The van der Waals surface area contributed by atoms with Crippen molar-refractivity contribution in [2.24, 2.45) is 0 Å². The summed E-state index contributed by atoms with van der Waals surface area (Å²) in [5.74, 6) is -0.845. The van der Waals surface area contributed by atoms with Crippen molar-refractivity contribution in [3.05, 3.63) is 41.9 Å². The van der Waals surface area contributed by atoms with E-state index >= 15 is 0 Å². The molecule has 24 heavy (non-hydrogen) atoms. The Morgan fingerprint density at radius 2 is 2.12 bits per heavy atom. The Labute approximate surface area is 146 Å². The van der Waals surface area contributed by atoms with Crippen LogP contribution >= 0.6 is 23.2 Å². The summed E-state index contributed by atoms with van der Waals surface area (Å²) in [5, 5.41) is -1.48. The van der Waals surface area contributed by atoms with Gasteiger partial charge in [-0.1, -0.05) is 11.6 Å². The molecule has 2 heterocycles. The minimum absolute atomic E-state index is 0.136. The van der Waals surface area contributed by atoms with Gasteiger partial charge in [-0.2, -0.15) is 13.2 Å². The number of hydrogen-bond acceptors (Lipinski definition) is 2. The highest BCUT2D eigenvalue weighted by atomic mass is 35.5. The molecule has 0 radical (unpaired) electrons. The molecule has 9 heteroatoms. The Hall–Kier alpha value is -1.73. The van der Waals surface area contributed by atoms with E-state index < -0.39 is 23.9 Å². The highest BCUT2D eigenvalue weighted by Gasteiger charge is 2.36. The van der Waals surface area contributed by atoms with Gasteiger partial charge in [0.15, 0.2) is 0 Å². The molecule has 2 aromatic heterocycles. The molecule has 0 saturated heterocycles. The summed E-state index contributed by atoms with van der Waals surface area (Å²) in [6.45, 7) is 1.77. The third-order valence-corrected chi connectivity index (χ3v) is 3.89. The van der Waals surface area contributed by atoms with Crippen LogP contribution in [0.15, 0.2) is 36.9 Å². The zero-order valence-electron chi connectivity index (χ0n) is 12.6. The van der Waals surface area contributed by atoms with Crippen LogP contribution in [0.4, 0.5) is 18.9 Å². The molecule has 1 amide bonds. The highest BCUT2D eigenvalue weighted by Crippen LogP contribution is 2.31. The van der Waals surface area contributed by atoms with E-state index in [0.29, 0.717) is 11.4 Å². The van der Waals surface area contributed by atoms with Gasteiger partial charge in [0, 0.05) is 25.1 Å². The second-order valence-corrected chi connectivity index (χ2v) is 5.91. The van der Waals surface area contributed by atoms with E-state index in [9.17, 15) is 18.0 Å². The van der Waals surface area contributed by atoms with Crippen molar-refractivity contribution in [1.82, 2.24) is 9.55 Å². The lowest BCUT2D eigenvalue weighted by Crippen LogP contribution is -2.38. The first-order valence-electron chi connectivity index (χ1n) is 7.03. The molecule has 1 unspecified atom stereocenters. The van der Waals surface area contributed by atoms with E-state index in [1.807, 2.05) is 0 Å². The lowest BCUT2D eigenvalue weighted by molar-refractivity contribution is -0.142. The molecule has 0 bridgehead atoms. The zero-order chi connectivity index (χ0) is 17.9. The zero-order valence-corrected chi connectivity index (χ0v) is 14.1. The van der Waals surface area contributed by atoms with Gasteiger partial charge in [0.2, 0.25) is 5.91 Å². The van der Waals surface area contributed by atoms with Crippen molar-refractivity contribution in [1.29, 1.82) is 0 Å². The Bertz CT molecular complexity index is 704. The molecule has 0 aliphatic rings. The monoisotopic (exact) mass is 379 g/mol. The summed E-state index contributed by atoms with van der Waals surface area (Å²) in [6.07, 6.45) is 0.380. The molecular formula is C15H14Cl2F3N3O. The molecule has 0 aliphatic carbocycles. The first kappa shape index (κ1) is 18.6. The predicted molar refractivity (Wildman–Crippen MR) is 86.9 cm³/mol. The molecule has 2 rings (SSSR count). The fourth-order valence-electron chi connectivity index (χ4n) is 2.18. The Morgan fingerprint density at radius 1 is 1.42 bits per heavy atom. The molecule has 1 atom stereocenters. The second-order valence-electron chi connectivity index (χ2n) is 4.98. The molecule has 0 spiro atoms. The van der Waals surface area contributed by atoms with Gasteiger partial charge in [-0.05, 0) is 19.1 Å². The first-order valence-corrected chi connectivity index (χ1v) is 7.84. The highest BCUT2D eigenvalue weighted by molar-refractivity contribution is 6.36. The van der Waals surface area contributed by atoms with E-state index in [1.54, 1.807) is 48.4 Å². The van der Waals surface area contributed by atoms with Crippen molar-refractivity contribution in [3.8, 4) is 5.69 Å². The number of anilines is 1. The second kappa shape index (κ2) is 7.44. The summed E-state index contributed by atoms with van der Waals surface area (Å²) in [6, 6.07) is 3.50. The maximum atomic E-state index is 12.4. The number of aromatic nitrogens is 2. The van der Waals surface area contributed by atoms with Gasteiger partial charge < -0.3 is 9.47 Å². The van der Waals surface area contributed by atoms with Crippen LogP contribution in [0.25, 0.3) is 5.69 Å². The van der Waals surface area contributed by atoms with Crippen LogP contribution in [-0.4, -0.2) is 33.6 Å². The molecule has 0 saturated carbocycles. The number of nitrogens with zero attached hydrogens (tertiary/aromatic N) is 3. The Morgan fingerprint density at radius 3 is 2.67 bits per heavy atom. The quantitative estimate of drug-likeness (QED) is 0.720. The molecule has 0 N–H and O–H groups in total. The summed E-state index contributed by atoms with van der Waals surface area (Å²) in [4.78, 5) is 17.4. The van der Waals surface area contributed by atoms with Gasteiger partial charge in [0.05, 0.1) is 29.0 Å². The minimum Gasteiger partial charge on any atom is -0.319 e. The number of halogens is 5. The predicted octanol–water partition coefficient (Wildman–Crippen LogP) is 4.44. The van der Waals surface area contributed by atoms with E-state index in [1.165, 1.54) is 0 Å². The van der Waals surface area contributed by atoms with Gasteiger partial charge in [-0.3, -0.25) is 9.78 Å². The van der Waals surface area contributed by atoms with Crippen LogP contribution in [0.3, 0.4) is 0 Å². The molecule has 2 aromatic rings. The largest absolute Gasteiger partial charge is 0.391 e. The number of carbonyl (C=O) groups excluding carboxylic acids is 1. The lowest BCUT2D eigenvalue weighted by atomic mass is 10.2. The molecule has 0 aliphatic heterocycles. The van der Waals surface area contributed by atoms with Crippen molar-refractivity contribution in [3.63, 3.8) is 0 Å². The maximum Gasteiger partial charge on any atom is 0.391 e. The van der Waals surface area contributed by atoms with Crippen LogP contribution in [0.1, 0.15) is 13.3 Å². The number of rotatable bonds is 5. The van der Waals surface area contributed by atoms with Crippen LogP contribution in [0.5, 0.6) is 0 Å². The van der Waals surface area contributed by atoms with E-state index in [0.717, 1.165) is 4.90 Å². The third-order valence-electron chi connectivity index (χ3n) is 3.25. The average Bonchev–Trinajstić information content (AvgIpc) is 2.89. The Kier molecular flexibility index (Phi) is 5.77. The summed E-state index contributed by atoms with van der Waals surface area (Å²) in [7, 11) is 0. The van der Waals surface area contributed by atoms with Crippen LogP contribution in [0, 0.1) is 0 Å². The van der Waals surface area contributed by atoms with Gasteiger partial charge in [-0.15, -0.1) is 11.6 Å². The fourth-order valence-corrected chi connectivity index (χ4v) is 2.73. The fraction of sp³-hybridized carbons (Fsp3) is 0.333. The maximum absolute atomic E-state index is 12.4. The number of pyridine rings is 1. The van der Waals surface area contributed by atoms with Crippen LogP contribution in [0.2, 0.25) is 5.02 Å². The van der Waals surface area contributed by atoms with Gasteiger partial charge >= 0.3 is 6.18 Å². The minimum atomic E-state index is -4.52. The van der Waals surface area contributed by atoms with E-state index in [2.05, 4.69) is 4.98 Å². The smallest absolute Gasteiger partial charge is 0.319 e. The van der Waals surface area contributed by atoms with Gasteiger partial charge in [0.1, 0.15) is 5.38 Å². The Balaban J connectivity index is 2.28. The molecule has 130 valence electrons. The van der Waals surface area contributed by atoms with Crippen LogP contribution < -0.4 is 4.90 Å². The molecule has 4 nitrogen and oxygen atoms in total. The van der Waals surface area contributed by atoms with Crippen molar-refractivity contribution < 1.29 is 18.0 Å². The van der Waals surface area contributed by atoms with Crippen molar-refractivity contribution >= 4 is 34.8 Å². The standard InChI is InChI=1S/C15H14Cl2F3N3O/c1-2-23(14(24)11(16)6-15(18,19)20)13-9-22(8-12(13)17)10-4-3-5-21-7-10/h3-5,7-9,11H,2,6H2,1H3. The van der Waals surface area contributed by atoms with E-state index in [-0.39, 0.29) is 11.6 Å². The number of carbonyl (C=O) groups is 1. The normalized spacial score (nSPS) is 12.9. The van der Waals surface area contributed by atoms with Crippen molar-refractivity contribution in [2.75, 3.05) is 11.4 Å². The molecule has 0 aromatic carbocycles. The van der Waals surface area contributed by atoms with Gasteiger partial charge in [-0.25, -0.2) is 0 Å². The number of hydrogen-bond donors (Lipinski definition) is 0. The molecular weight excluding hydrogens is 366 g/mol. The molecule has 0 fully saturated rings. The summed E-state index contributed by atoms with van der Waals surface area (Å²) in [5.41, 5.74) is 0.993. The van der Waals surface area contributed by atoms with Crippen molar-refractivity contribution in [2.45, 2.75) is 24.9 Å². The summed E-state index contributed by atoms with van der Waals surface area (Å²) >= 11 is 11.8. The topological polar surface area (TPSA) is 38.1 Å². The van der Waals surface area contributed by atoms with E-state index in [4.69, 9.17) is 23.2 Å². The third kappa shape index (κ3) is 4.42. The number of alkyl halides is 4. The first-order chi connectivity index (χ1) is 11.2. The lowest BCUT2D eigenvalue weighted by Gasteiger charge is -2.23. The average molecular weight is 380 g/mol. The van der Waals surface area contributed by atoms with Gasteiger partial charge in [0.25, 0.3) is 0 Å². The summed E-state index contributed by atoms with van der Waals surface area (Å²) < 4.78 is 39.0. The number of amides is 1.